The first-order valence-electron chi connectivity index (χ1n) is 9.19. The quantitative estimate of drug-likeness (QED) is 0.833. The highest BCUT2D eigenvalue weighted by Gasteiger charge is 2.36. The molecule has 0 aromatic heterocycles. The lowest BCUT2D eigenvalue weighted by atomic mass is 9.94. The molecule has 1 saturated carbocycles. The van der Waals surface area contributed by atoms with Crippen LogP contribution in [0.3, 0.4) is 0 Å². The van der Waals surface area contributed by atoms with Gasteiger partial charge in [-0.05, 0) is 45.1 Å². The molecule has 1 aliphatic heterocycles. The Morgan fingerprint density at radius 2 is 1.67 bits per heavy atom. The van der Waals surface area contributed by atoms with Gasteiger partial charge >= 0.3 is 0 Å². The predicted octanol–water partition coefficient (Wildman–Crippen LogP) is 3.07. The minimum Gasteiger partial charge on any atom is -0.342 e. The van der Waals surface area contributed by atoms with Crippen molar-refractivity contribution in [2.45, 2.75) is 52.1 Å². The van der Waals surface area contributed by atoms with Crippen molar-refractivity contribution in [3.8, 4) is 0 Å². The average Bonchev–Trinajstić information content (AvgIpc) is 3.44. The summed E-state index contributed by atoms with van der Waals surface area (Å²) in [5, 5.41) is 0. The van der Waals surface area contributed by atoms with Gasteiger partial charge in [-0.3, -0.25) is 9.59 Å². The van der Waals surface area contributed by atoms with Crippen LogP contribution >= 0.6 is 0 Å². The second-order valence-electron chi connectivity index (χ2n) is 7.42. The molecule has 2 amide bonds. The number of carbonyl (C=O) groups is 2. The molecule has 3 rings (SSSR count). The molecule has 2 fully saturated rings. The monoisotopic (exact) mass is 328 g/mol. The molecule has 0 bridgehead atoms. The highest BCUT2D eigenvalue weighted by molar-refractivity contribution is 5.82. The molecule has 0 unspecified atom stereocenters. The van der Waals surface area contributed by atoms with E-state index < -0.39 is 0 Å². The van der Waals surface area contributed by atoms with Crippen molar-refractivity contribution in [3.63, 3.8) is 0 Å². The smallest absolute Gasteiger partial charge is 0.226 e. The number of amides is 2. The number of hydrogen-bond acceptors (Lipinski definition) is 2. The number of piperidine rings is 1. The summed E-state index contributed by atoms with van der Waals surface area (Å²) in [6, 6.07) is 10.3. The summed E-state index contributed by atoms with van der Waals surface area (Å²) in [7, 11) is 0. The normalized spacial score (nSPS) is 18.7. The fraction of sp³-hybridized carbons (Fsp3) is 0.600. The molecule has 24 heavy (non-hydrogen) atoms. The van der Waals surface area contributed by atoms with Crippen LogP contribution in [0.2, 0.25) is 0 Å². The van der Waals surface area contributed by atoms with Gasteiger partial charge in [-0.15, -0.1) is 0 Å². The van der Waals surface area contributed by atoms with Gasteiger partial charge in [0, 0.05) is 37.5 Å². The lowest BCUT2D eigenvalue weighted by Gasteiger charge is -2.36. The van der Waals surface area contributed by atoms with Crippen LogP contribution in [-0.2, 0) is 16.1 Å². The number of hydrogen-bond donors (Lipinski definition) is 0. The van der Waals surface area contributed by atoms with E-state index in [2.05, 4.69) is 26.0 Å². The molecular weight excluding hydrogens is 300 g/mol. The third-order valence-electron chi connectivity index (χ3n) is 5.18. The molecule has 4 heteroatoms. The first-order valence-corrected chi connectivity index (χ1v) is 9.19. The maximum Gasteiger partial charge on any atom is 0.226 e. The molecule has 1 aliphatic carbocycles. The maximum atomic E-state index is 13.0. The van der Waals surface area contributed by atoms with Crippen LogP contribution in [0.4, 0.5) is 0 Å². The molecule has 1 aromatic carbocycles. The summed E-state index contributed by atoms with van der Waals surface area (Å²) in [4.78, 5) is 29.1. The highest BCUT2D eigenvalue weighted by atomic mass is 16.2. The Morgan fingerprint density at radius 3 is 2.21 bits per heavy atom. The van der Waals surface area contributed by atoms with Gasteiger partial charge in [-0.2, -0.15) is 0 Å². The fourth-order valence-electron chi connectivity index (χ4n) is 3.46. The SMILES string of the molecule is CC(C)N(Cc1ccccc1)C(=O)C1CCN(C(=O)C2CC2)CC1. The van der Waals surface area contributed by atoms with Crippen molar-refractivity contribution in [3.05, 3.63) is 35.9 Å². The Labute approximate surface area is 144 Å². The number of likely N-dealkylation sites (tertiary alicyclic amines) is 1. The topological polar surface area (TPSA) is 40.6 Å². The summed E-state index contributed by atoms with van der Waals surface area (Å²) < 4.78 is 0. The second kappa shape index (κ2) is 7.37. The van der Waals surface area contributed by atoms with Crippen molar-refractivity contribution in [1.29, 1.82) is 0 Å². The van der Waals surface area contributed by atoms with Crippen LogP contribution in [0.25, 0.3) is 0 Å². The molecule has 1 saturated heterocycles. The second-order valence-corrected chi connectivity index (χ2v) is 7.42. The minimum atomic E-state index is 0.0550. The third-order valence-corrected chi connectivity index (χ3v) is 5.18. The zero-order chi connectivity index (χ0) is 17.1. The van der Waals surface area contributed by atoms with Crippen molar-refractivity contribution in [1.82, 2.24) is 9.80 Å². The summed E-state index contributed by atoms with van der Waals surface area (Å²) in [6.45, 7) is 6.30. The Kier molecular flexibility index (Phi) is 5.22. The molecular formula is C20H28N2O2. The predicted molar refractivity (Wildman–Crippen MR) is 94.2 cm³/mol. The molecule has 0 N–H and O–H groups in total. The van der Waals surface area contributed by atoms with Gasteiger partial charge < -0.3 is 9.80 Å². The lowest BCUT2D eigenvalue weighted by Crippen LogP contribution is -2.46. The van der Waals surface area contributed by atoms with Crippen LogP contribution in [-0.4, -0.2) is 40.7 Å². The standard InChI is InChI=1S/C20H28N2O2/c1-15(2)22(14-16-6-4-3-5-7-16)20(24)18-10-12-21(13-11-18)19(23)17-8-9-17/h3-7,15,17-18H,8-14H2,1-2H3. The number of nitrogens with zero attached hydrogens (tertiary/aromatic N) is 2. The van der Waals surface area contributed by atoms with E-state index in [1.807, 2.05) is 28.0 Å². The summed E-state index contributed by atoms with van der Waals surface area (Å²) >= 11 is 0. The maximum absolute atomic E-state index is 13.0. The summed E-state index contributed by atoms with van der Waals surface area (Å²) in [5.74, 6) is 0.889. The van der Waals surface area contributed by atoms with Gasteiger partial charge in [0.05, 0.1) is 0 Å². The Balaban J connectivity index is 1.58. The van der Waals surface area contributed by atoms with Crippen LogP contribution in [0.15, 0.2) is 30.3 Å². The van der Waals surface area contributed by atoms with Gasteiger partial charge in [-0.1, -0.05) is 30.3 Å². The first kappa shape index (κ1) is 17.0. The Hall–Kier alpha value is -1.84. The summed E-state index contributed by atoms with van der Waals surface area (Å²) in [6.07, 6.45) is 3.70. The van der Waals surface area contributed by atoms with E-state index in [4.69, 9.17) is 0 Å². The minimum absolute atomic E-state index is 0.0550. The van der Waals surface area contributed by atoms with Crippen LogP contribution in [0.5, 0.6) is 0 Å². The number of benzene rings is 1. The van der Waals surface area contributed by atoms with Crippen molar-refractivity contribution in [2.75, 3.05) is 13.1 Å². The van der Waals surface area contributed by atoms with E-state index in [-0.39, 0.29) is 23.8 Å². The van der Waals surface area contributed by atoms with E-state index >= 15 is 0 Å². The third kappa shape index (κ3) is 3.97. The molecule has 1 aromatic rings. The Morgan fingerprint density at radius 1 is 1.04 bits per heavy atom. The van der Waals surface area contributed by atoms with Crippen LogP contribution in [0.1, 0.15) is 45.1 Å². The molecule has 0 spiro atoms. The van der Waals surface area contributed by atoms with Crippen LogP contribution < -0.4 is 0 Å². The molecule has 1 heterocycles. The van der Waals surface area contributed by atoms with E-state index in [9.17, 15) is 9.59 Å². The van der Waals surface area contributed by atoms with Gasteiger partial charge in [0.15, 0.2) is 0 Å². The number of rotatable bonds is 5. The molecule has 130 valence electrons. The van der Waals surface area contributed by atoms with Crippen molar-refractivity contribution >= 4 is 11.8 Å². The fourth-order valence-corrected chi connectivity index (χ4v) is 3.46. The molecule has 0 radical (unpaired) electrons. The zero-order valence-electron chi connectivity index (χ0n) is 14.8. The van der Waals surface area contributed by atoms with Crippen molar-refractivity contribution < 1.29 is 9.59 Å². The zero-order valence-corrected chi connectivity index (χ0v) is 14.8. The van der Waals surface area contributed by atoms with Gasteiger partial charge in [-0.25, -0.2) is 0 Å². The van der Waals surface area contributed by atoms with Gasteiger partial charge in [0.25, 0.3) is 0 Å². The van der Waals surface area contributed by atoms with E-state index in [1.165, 1.54) is 5.56 Å². The molecule has 2 aliphatic rings. The van der Waals surface area contributed by atoms with Crippen molar-refractivity contribution in [2.24, 2.45) is 11.8 Å². The largest absolute Gasteiger partial charge is 0.342 e. The average molecular weight is 328 g/mol. The van der Waals surface area contributed by atoms with E-state index in [0.29, 0.717) is 12.5 Å². The molecule has 4 nitrogen and oxygen atoms in total. The highest BCUT2D eigenvalue weighted by Crippen LogP contribution is 2.32. The first-order chi connectivity index (χ1) is 11.6. The van der Waals surface area contributed by atoms with E-state index in [1.54, 1.807) is 0 Å². The van der Waals surface area contributed by atoms with Gasteiger partial charge in [0.1, 0.15) is 0 Å². The number of carbonyl (C=O) groups excluding carboxylic acids is 2. The lowest BCUT2D eigenvalue weighted by molar-refractivity contribution is -0.143. The van der Waals surface area contributed by atoms with Crippen LogP contribution in [0, 0.1) is 11.8 Å². The molecule has 0 atom stereocenters. The Bertz CT molecular complexity index is 573. The van der Waals surface area contributed by atoms with E-state index in [0.717, 1.165) is 38.8 Å². The summed E-state index contributed by atoms with van der Waals surface area (Å²) in [5.41, 5.74) is 1.17. The van der Waals surface area contributed by atoms with Gasteiger partial charge in [0.2, 0.25) is 11.8 Å².